The maximum absolute atomic E-state index is 12.3. The van der Waals surface area contributed by atoms with Crippen LogP contribution in [0.3, 0.4) is 0 Å². The number of aliphatic carboxylic acids is 1. The zero-order valence-corrected chi connectivity index (χ0v) is 12.5. The Morgan fingerprint density at radius 1 is 1.43 bits per heavy atom. The summed E-state index contributed by atoms with van der Waals surface area (Å²) in [5.74, 6) is -0.263. The first kappa shape index (κ1) is 15.5. The molecule has 2 heterocycles. The highest BCUT2D eigenvalue weighted by Crippen LogP contribution is 2.21. The summed E-state index contributed by atoms with van der Waals surface area (Å²) in [5.41, 5.74) is 1.06. The summed E-state index contributed by atoms with van der Waals surface area (Å²) >= 11 is 0. The summed E-state index contributed by atoms with van der Waals surface area (Å²) < 4.78 is 1.79. The molecule has 0 aliphatic carbocycles. The molecule has 1 aliphatic heterocycles. The Balaban J connectivity index is 1.79. The van der Waals surface area contributed by atoms with Crippen molar-refractivity contribution in [2.45, 2.75) is 38.5 Å². The number of hydrogen-bond acceptors (Lipinski definition) is 3. The minimum atomic E-state index is -0.755. The van der Waals surface area contributed by atoms with Gasteiger partial charge in [0.1, 0.15) is 0 Å². The second-order valence-electron chi connectivity index (χ2n) is 5.73. The van der Waals surface area contributed by atoms with E-state index < -0.39 is 5.97 Å². The van der Waals surface area contributed by atoms with Gasteiger partial charge in [-0.15, -0.1) is 0 Å². The van der Waals surface area contributed by atoms with Crippen LogP contribution in [0.2, 0.25) is 0 Å². The molecule has 0 unspecified atom stereocenters. The summed E-state index contributed by atoms with van der Waals surface area (Å²) in [6.45, 7) is 1.51. The normalized spacial score (nSPS) is 18.7. The Morgan fingerprint density at radius 2 is 2.24 bits per heavy atom. The first-order valence-electron chi connectivity index (χ1n) is 7.52. The van der Waals surface area contributed by atoms with E-state index in [1.807, 2.05) is 18.0 Å². The van der Waals surface area contributed by atoms with E-state index in [0.29, 0.717) is 31.7 Å². The van der Waals surface area contributed by atoms with Gasteiger partial charge in [0.15, 0.2) is 0 Å². The van der Waals surface area contributed by atoms with E-state index in [-0.39, 0.29) is 12.3 Å². The van der Waals surface area contributed by atoms with E-state index >= 15 is 0 Å². The smallest absolute Gasteiger partial charge is 0.303 e. The lowest BCUT2D eigenvalue weighted by atomic mass is 9.93. The van der Waals surface area contributed by atoms with Crippen LogP contribution in [-0.4, -0.2) is 44.8 Å². The molecule has 1 N–H and O–H groups in total. The zero-order chi connectivity index (χ0) is 15.2. The van der Waals surface area contributed by atoms with Crippen molar-refractivity contribution in [1.82, 2.24) is 14.7 Å². The number of carbonyl (C=O) groups is 2. The van der Waals surface area contributed by atoms with E-state index in [1.54, 1.807) is 10.9 Å². The van der Waals surface area contributed by atoms with Gasteiger partial charge in [0, 0.05) is 44.9 Å². The molecule has 0 saturated carbocycles. The fraction of sp³-hybridized carbons (Fsp3) is 0.667. The zero-order valence-electron chi connectivity index (χ0n) is 12.5. The van der Waals surface area contributed by atoms with E-state index in [9.17, 15) is 9.59 Å². The fourth-order valence-corrected chi connectivity index (χ4v) is 2.89. The van der Waals surface area contributed by atoms with E-state index in [4.69, 9.17) is 5.11 Å². The Hall–Kier alpha value is -1.85. The number of carboxylic acid groups (broad SMARTS) is 1. The average Bonchev–Trinajstić information content (AvgIpc) is 2.88. The van der Waals surface area contributed by atoms with Crippen LogP contribution in [0.1, 0.15) is 37.8 Å². The predicted octanol–water partition coefficient (Wildman–Crippen LogP) is 1.46. The number of nitrogens with zero attached hydrogens (tertiary/aromatic N) is 3. The highest BCUT2D eigenvalue weighted by molar-refractivity contribution is 5.76. The van der Waals surface area contributed by atoms with Gasteiger partial charge < -0.3 is 10.0 Å². The van der Waals surface area contributed by atoms with Crippen molar-refractivity contribution in [3.05, 3.63) is 18.0 Å². The number of aryl methyl sites for hydroxylation is 2. The Morgan fingerprint density at radius 3 is 2.90 bits per heavy atom. The molecule has 1 aromatic heterocycles. The van der Waals surface area contributed by atoms with Crippen LogP contribution in [0.5, 0.6) is 0 Å². The van der Waals surface area contributed by atoms with Gasteiger partial charge in [0.25, 0.3) is 0 Å². The van der Waals surface area contributed by atoms with Crippen molar-refractivity contribution in [3.8, 4) is 0 Å². The van der Waals surface area contributed by atoms with E-state index in [0.717, 1.165) is 25.1 Å². The lowest BCUT2D eigenvalue weighted by Crippen LogP contribution is -2.40. The summed E-state index contributed by atoms with van der Waals surface area (Å²) in [6, 6.07) is 1.93. The Kier molecular flexibility index (Phi) is 5.36. The van der Waals surface area contributed by atoms with Gasteiger partial charge in [-0.2, -0.15) is 5.10 Å². The van der Waals surface area contributed by atoms with Crippen LogP contribution in [0, 0.1) is 5.92 Å². The molecule has 6 heteroatoms. The predicted molar refractivity (Wildman–Crippen MR) is 77.7 cm³/mol. The van der Waals surface area contributed by atoms with Crippen LogP contribution >= 0.6 is 0 Å². The molecule has 6 nitrogen and oxygen atoms in total. The second-order valence-corrected chi connectivity index (χ2v) is 5.73. The quantitative estimate of drug-likeness (QED) is 0.861. The van der Waals surface area contributed by atoms with Gasteiger partial charge in [-0.3, -0.25) is 14.3 Å². The van der Waals surface area contributed by atoms with Crippen molar-refractivity contribution in [2.24, 2.45) is 13.0 Å². The number of likely N-dealkylation sites (tertiary alicyclic amines) is 1. The molecule has 0 aromatic carbocycles. The van der Waals surface area contributed by atoms with Gasteiger partial charge in [-0.05, 0) is 37.7 Å². The maximum Gasteiger partial charge on any atom is 0.303 e. The van der Waals surface area contributed by atoms with Crippen molar-refractivity contribution in [1.29, 1.82) is 0 Å². The molecule has 1 amide bonds. The van der Waals surface area contributed by atoms with Crippen molar-refractivity contribution < 1.29 is 14.7 Å². The molecular weight excluding hydrogens is 270 g/mol. The van der Waals surface area contributed by atoms with Crippen LogP contribution < -0.4 is 0 Å². The molecule has 0 radical (unpaired) electrons. The van der Waals surface area contributed by atoms with Gasteiger partial charge in [-0.1, -0.05) is 0 Å². The number of carbonyl (C=O) groups excluding carboxylic acids is 1. The minimum absolute atomic E-state index is 0.163. The van der Waals surface area contributed by atoms with Gasteiger partial charge in [0.2, 0.25) is 5.91 Å². The summed E-state index contributed by atoms with van der Waals surface area (Å²) in [6.07, 6.45) is 5.79. The number of aromatic nitrogens is 2. The molecule has 0 bridgehead atoms. The number of rotatable bonds is 6. The molecule has 0 spiro atoms. The average molecular weight is 293 g/mol. The van der Waals surface area contributed by atoms with Crippen molar-refractivity contribution in [2.75, 3.05) is 13.1 Å². The SMILES string of the molecule is Cn1nccc1CCC(=O)N1CCC[C@@H](CCC(=O)O)C1. The van der Waals surface area contributed by atoms with Crippen molar-refractivity contribution >= 4 is 11.9 Å². The van der Waals surface area contributed by atoms with E-state index in [2.05, 4.69) is 5.10 Å². The van der Waals surface area contributed by atoms with E-state index in [1.165, 1.54) is 0 Å². The monoisotopic (exact) mass is 293 g/mol. The van der Waals surface area contributed by atoms with Gasteiger partial charge in [0.05, 0.1) is 0 Å². The summed E-state index contributed by atoms with van der Waals surface area (Å²) in [5, 5.41) is 12.8. The molecule has 1 aliphatic rings. The first-order valence-corrected chi connectivity index (χ1v) is 7.52. The summed E-state index contributed by atoms with van der Waals surface area (Å²) in [4.78, 5) is 24.8. The van der Waals surface area contributed by atoms with Crippen LogP contribution in [0.15, 0.2) is 12.3 Å². The first-order chi connectivity index (χ1) is 10.1. The third kappa shape index (κ3) is 4.58. The number of carboxylic acids is 1. The molecule has 2 rings (SSSR count). The number of hydrogen-bond donors (Lipinski definition) is 1. The van der Waals surface area contributed by atoms with Crippen LogP contribution in [0.25, 0.3) is 0 Å². The molecule has 1 aromatic rings. The molecule has 1 fully saturated rings. The van der Waals surface area contributed by atoms with Crippen LogP contribution in [-0.2, 0) is 23.1 Å². The molecule has 1 saturated heterocycles. The summed E-state index contributed by atoms with van der Waals surface area (Å²) in [7, 11) is 1.88. The topological polar surface area (TPSA) is 75.4 Å². The molecule has 1 atom stereocenters. The lowest BCUT2D eigenvalue weighted by molar-refractivity contribution is -0.137. The van der Waals surface area contributed by atoms with Gasteiger partial charge >= 0.3 is 5.97 Å². The standard InChI is InChI=1S/C15H23N3O3/c1-17-13(8-9-16-17)5-6-14(19)18-10-2-3-12(11-18)4-7-15(20)21/h8-9,12H,2-7,10-11H2,1H3,(H,20,21)/t12-/m0/s1. The third-order valence-corrected chi connectivity index (χ3v) is 4.16. The third-order valence-electron chi connectivity index (χ3n) is 4.16. The highest BCUT2D eigenvalue weighted by atomic mass is 16.4. The number of amides is 1. The van der Waals surface area contributed by atoms with Crippen LogP contribution in [0.4, 0.5) is 0 Å². The Bertz CT molecular complexity index is 498. The maximum atomic E-state index is 12.3. The highest BCUT2D eigenvalue weighted by Gasteiger charge is 2.23. The molecular formula is C15H23N3O3. The minimum Gasteiger partial charge on any atom is -0.481 e. The van der Waals surface area contributed by atoms with Gasteiger partial charge in [-0.25, -0.2) is 0 Å². The number of piperidine rings is 1. The fourth-order valence-electron chi connectivity index (χ4n) is 2.89. The molecule has 116 valence electrons. The van der Waals surface area contributed by atoms with Crippen molar-refractivity contribution in [3.63, 3.8) is 0 Å². The Labute approximate surface area is 124 Å². The molecule has 21 heavy (non-hydrogen) atoms. The second kappa shape index (κ2) is 7.24. The lowest BCUT2D eigenvalue weighted by Gasteiger charge is -2.32. The largest absolute Gasteiger partial charge is 0.481 e.